The molecule has 1 amide bonds. The lowest BCUT2D eigenvalue weighted by molar-refractivity contribution is -0.115. The molecule has 2 N–H and O–H groups in total. The van der Waals surface area contributed by atoms with E-state index < -0.39 is 0 Å². The first kappa shape index (κ1) is 19.4. The van der Waals surface area contributed by atoms with Crippen molar-refractivity contribution < 1.29 is 13.6 Å². The lowest BCUT2D eigenvalue weighted by Crippen LogP contribution is -2.25. The van der Waals surface area contributed by atoms with E-state index in [1.807, 2.05) is 32.0 Å². The van der Waals surface area contributed by atoms with Crippen LogP contribution in [0.15, 0.2) is 34.9 Å². The van der Waals surface area contributed by atoms with E-state index in [9.17, 15) is 9.18 Å². The number of anilines is 1. The molecular weight excluding hydrogens is 367 g/mol. The molecule has 0 saturated carbocycles. The van der Waals surface area contributed by atoms with Crippen LogP contribution < -0.4 is 10.6 Å². The summed E-state index contributed by atoms with van der Waals surface area (Å²) in [5.41, 5.74) is 5.77. The first-order valence-electron chi connectivity index (χ1n) is 8.81. The molecule has 6 heteroatoms. The van der Waals surface area contributed by atoms with Crippen molar-refractivity contribution in [3.05, 3.63) is 64.2 Å². The highest BCUT2D eigenvalue weighted by molar-refractivity contribution is 5.95. The van der Waals surface area contributed by atoms with Gasteiger partial charge in [0.1, 0.15) is 11.4 Å². The van der Waals surface area contributed by atoms with Crippen LogP contribution in [-0.4, -0.2) is 12.5 Å². The molecule has 0 aliphatic carbocycles. The maximum Gasteiger partial charge on any atom is 0.229 e. The Kier molecular flexibility index (Phi) is 5.53. The number of hydrogen-bond donors (Lipinski definition) is 2. The third kappa shape index (κ3) is 3.70. The second kappa shape index (κ2) is 7.71. The highest BCUT2D eigenvalue weighted by Gasteiger charge is 2.18. The van der Waals surface area contributed by atoms with Crippen molar-refractivity contribution in [2.45, 2.75) is 33.2 Å². The molecule has 0 fully saturated rings. The monoisotopic (exact) mass is 388 g/mol. The van der Waals surface area contributed by atoms with Crippen LogP contribution in [-0.2, 0) is 24.2 Å². The first-order chi connectivity index (χ1) is 12.5. The van der Waals surface area contributed by atoms with Gasteiger partial charge in [0.25, 0.3) is 0 Å². The fourth-order valence-electron chi connectivity index (χ4n) is 3.47. The summed E-state index contributed by atoms with van der Waals surface area (Å²) < 4.78 is 20.3. The van der Waals surface area contributed by atoms with Gasteiger partial charge in [-0.15, -0.1) is 12.4 Å². The third-order valence-electron chi connectivity index (χ3n) is 5.10. The zero-order valence-electron chi connectivity index (χ0n) is 15.3. The number of fused-ring (bicyclic) bond motifs is 2. The number of amides is 1. The zero-order chi connectivity index (χ0) is 18.3. The van der Waals surface area contributed by atoms with E-state index in [2.05, 4.69) is 10.6 Å². The van der Waals surface area contributed by atoms with Crippen LogP contribution in [0.2, 0.25) is 0 Å². The fraction of sp³-hybridized carbons (Fsp3) is 0.286. The molecule has 0 saturated heterocycles. The molecule has 0 spiro atoms. The van der Waals surface area contributed by atoms with Gasteiger partial charge < -0.3 is 15.1 Å². The SMILES string of the molecule is Cc1cc2occ(CC(=O)Nc3ccc4c(c3F)CCNC4)c2cc1C.Cl. The van der Waals surface area contributed by atoms with Gasteiger partial charge in [0.2, 0.25) is 5.91 Å². The summed E-state index contributed by atoms with van der Waals surface area (Å²) >= 11 is 0. The highest BCUT2D eigenvalue weighted by Crippen LogP contribution is 2.27. The van der Waals surface area contributed by atoms with Crippen molar-refractivity contribution in [1.82, 2.24) is 5.32 Å². The van der Waals surface area contributed by atoms with Crippen molar-refractivity contribution in [1.29, 1.82) is 0 Å². The van der Waals surface area contributed by atoms with Crippen LogP contribution in [0.5, 0.6) is 0 Å². The summed E-state index contributed by atoms with van der Waals surface area (Å²) in [6.45, 7) is 5.47. The molecule has 142 valence electrons. The van der Waals surface area contributed by atoms with Crippen molar-refractivity contribution in [3.63, 3.8) is 0 Å². The number of carbonyl (C=O) groups is 1. The lowest BCUT2D eigenvalue weighted by atomic mass is 9.99. The Morgan fingerprint density at radius 3 is 2.85 bits per heavy atom. The second-order valence-corrected chi connectivity index (χ2v) is 6.91. The number of benzene rings is 2. The van der Waals surface area contributed by atoms with E-state index >= 15 is 0 Å². The number of halogens is 2. The van der Waals surface area contributed by atoms with Crippen molar-refractivity contribution in [2.75, 3.05) is 11.9 Å². The summed E-state index contributed by atoms with van der Waals surface area (Å²) in [6, 6.07) is 7.52. The largest absolute Gasteiger partial charge is 0.464 e. The van der Waals surface area contributed by atoms with E-state index in [1.165, 1.54) is 0 Å². The number of nitrogens with one attached hydrogen (secondary N) is 2. The van der Waals surface area contributed by atoms with Gasteiger partial charge in [-0.25, -0.2) is 4.39 Å². The van der Waals surface area contributed by atoms with E-state index in [0.717, 1.165) is 39.8 Å². The van der Waals surface area contributed by atoms with Gasteiger partial charge in [-0.3, -0.25) is 4.79 Å². The van der Waals surface area contributed by atoms with Crippen LogP contribution >= 0.6 is 12.4 Å². The molecule has 0 atom stereocenters. The molecule has 4 nitrogen and oxygen atoms in total. The number of hydrogen-bond acceptors (Lipinski definition) is 3. The van der Waals surface area contributed by atoms with Gasteiger partial charge in [-0.2, -0.15) is 0 Å². The van der Waals surface area contributed by atoms with Gasteiger partial charge in [-0.05, 0) is 67.3 Å². The predicted octanol–water partition coefficient (Wildman–Crippen LogP) is 4.44. The van der Waals surface area contributed by atoms with Gasteiger partial charge >= 0.3 is 0 Å². The lowest BCUT2D eigenvalue weighted by Gasteiger charge is -2.19. The standard InChI is InChI=1S/C21H21FN2O2.ClH/c1-12-7-17-15(11-26-19(17)8-13(12)2)9-20(25)24-18-4-3-14-10-23-6-5-16(14)21(18)22;/h3-4,7-8,11,23H,5-6,9-10H2,1-2H3,(H,24,25);1H. The van der Waals surface area contributed by atoms with Crippen molar-refractivity contribution in [2.24, 2.45) is 0 Å². The number of rotatable bonds is 3. The molecule has 27 heavy (non-hydrogen) atoms. The Labute approximate surface area is 163 Å². The van der Waals surface area contributed by atoms with Crippen molar-refractivity contribution in [3.8, 4) is 0 Å². The van der Waals surface area contributed by atoms with Gasteiger partial charge in [0.05, 0.1) is 18.4 Å². The van der Waals surface area contributed by atoms with Crippen LogP contribution in [0.3, 0.4) is 0 Å². The summed E-state index contributed by atoms with van der Waals surface area (Å²) in [7, 11) is 0. The number of aryl methyl sites for hydroxylation is 2. The normalized spacial score (nSPS) is 13.1. The third-order valence-corrected chi connectivity index (χ3v) is 5.10. The average molecular weight is 389 g/mol. The summed E-state index contributed by atoms with van der Waals surface area (Å²) in [4.78, 5) is 12.5. The molecule has 2 aromatic carbocycles. The van der Waals surface area contributed by atoms with E-state index in [4.69, 9.17) is 4.42 Å². The summed E-state index contributed by atoms with van der Waals surface area (Å²) in [6.07, 6.45) is 2.39. The molecule has 0 radical (unpaired) electrons. The van der Waals surface area contributed by atoms with Crippen LogP contribution in [0, 0.1) is 19.7 Å². The Morgan fingerprint density at radius 1 is 1.26 bits per heavy atom. The average Bonchev–Trinajstić information content (AvgIpc) is 3.00. The Hall–Kier alpha value is -2.37. The van der Waals surface area contributed by atoms with Crippen LogP contribution in [0.4, 0.5) is 10.1 Å². The predicted molar refractivity (Wildman–Crippen MR) is 107 cm³/mol. The minimum absolute atomic E-state index is 0. The summed E-state index contributed by atoms with van der Waals surface area (Å²) in [5.74, 6) is -0.570. The van der Waals surface area contributed by atoms with Crippen LogP contribution in [0.25, 0.3) is 11.0 Å². The van der Waals surface area contributed by atoms with E-state index in [0.29, 0.717) is 18.5 Å². The molecule has 4 rings (SSSR count). The summed E-state index contributed by atoms with van der Waals surface area (Å²) in [5, 5.41) is 6.86. The van der Waals surface area contributed by atoms with Crippen molar-refractivity contribution >= 4 is 35.0 Å². The molecule has 0 unspecified atom stereocenters. The maximum atomic E-state index is 14.7. The molecule has 2 heterocycles. The van der Waals surface area contributed by atoms with Gasteiger partial charge in [0, 0.05) is 17.5 Å². The minimum Gasteiger partial charge on any atom is -0.464 e. The van der Waals surface area contributed by atoms with Crippen LogP contribution in [0.1, 0.15) is 27.8 Å². The van der Waals surface area contributed by atoms with Gasteiger partial charge in [-0.1, -0.05) is 6.07 Å². The smallest absolute Gasteiger partial charge is 0.229 e. The first-order valence-corrected chi connectivity index (χ1v) is 8.81. The molecule has 1 aliphatic heterocycles. The highest BCUT2D eigenvalue weighted by atomic mass is 35.5. The van der Waals surface area contributed by atoms with Gasteiger partial charge in [0.15, 0.2) is 0 Å². The fourth-order valence-corrected chi connectivity index (χ4v) is 3.47. The number of furan rings is 1. The Bertz CT molecular complexity index is 1010. The maximum absolute atomic E-state index is 14.7. The molecule has 0 bridgehead atoms. The molecule has 3 aromatic rings. The van der Waals surface area contributed by atoms with E-state index in [1.54, 1.807) is 12.3 Å². The Morgan fingerprint density at radius 2 is 2.04 bits per heavy atom. The number of carbonyl (C=O) groups excluding carboxylic acids is 1. The molecule has 1 aromatic heterocycles. The van der Waals surface area contributed by atoms with E-state index in [-0.39, 0.29) is 36.2 Å². The molecule has 1 aliphatic rings. The second-order valence-electron chi connectivity index (χ2n) is 6.91. The molecular formula is C21H22ClFN2O2. The minimum atomic E-state index is -0.319. The zero-order valence-corrected chi connectivity index (χ0v) is 16.1. The topological polar surface area (TPSA) is 54.3 Å². The Balaban J connectivity index is 0.00000210. The quantitative estimate of drug-likeness (QED) is 0.697.